The van der Waals surface area contributed by atoms with Crippen LogP contribution in [0.1, 0.15) is 56.8 Å². The molecule has 0 radical (unpaired) electrons. The number of nitrogens with one attached hydrogen (secondary N) is 2. The van der Waals surface area contributed by atoms with Crippen LogP contribution in [-0.2, 0) is 14.3 Å². The van der Waals surface area contributed by atoms with Crippen LogP contribution in [0.15, 0.2) is 60.7 Å². The molecule has 4 rings (SSSR count). The van der Waals surface area contributed by atoms with E-state index in [0.29, 0.717) is 5.69 Å². The van der Waals surface area contributed by atoms with Gasteiger partial charge in [0, 0.05) is 11.7 Å². The van der Waals surface area contributed by atoms with Crippen LogP contribution in [0, 0.1) is 19.8 Å². The first-order valence-electron chi connectivity index (χ1n) is 13.1. The smallest absolute Gasteiger partial charge is 0.408 e. The predicted octanol–water partition coefficient (Wildman–Crippen LogP) is 5.90. The van der Waals surface area contributed by atoms with Gasteiger partial charge in [-0.2, -0.15) is 0 Å². The fraction of sp³-hybridized carbons (Fsp3) is 0.387. The van der Waals surface area contributed by atoms with Crippen molar-refractivity contribution in [1.29, 1.82) is 0 Å². The van der Waals surface area contributed by atoms with Crippen molar-refractivity contribution in [1.82, 2.24) is 10.2 Å². The van der Waals surface area contributed by atoms with Crippen LogP contribution in [0.2, 0.25) is 0 Å². The maximum absolute atomic E-state index is 14.0. The Morgan fingerprint density at radius 2 is 1.68 bits per heavy atom. The lowest BCUT2D eigenvalue weighted by Crippen LogP contribution is -2.48. The van der Waals surface area contributed by atoms with Gasteiger partial charge in [0.05, 0.1) is 0 Å². The number of nitrogens with zero attached hydrogens (tertiary/aromatic N) is 1. The predicted molar refractivity (Wildman–Crippen MR) is 150 cm³/mol. The van der Waals surface area contributed by atoms with Crippen LogP contribution in [-0.4, -0.2) is 41.0 Å². The summed E-state index contributed by atoms with van der Waals surface area (Å²) in [6.45, 7) is 11.1. The SMILES string of the molecule is Cc1cccc(C(C(=O)Nc2ccc3ccccc3c2)N(C(=O)CNC(=O)OC(C)(C)C)C2CC2C)c1C. The molecule has 1 aliphatic rings. The molecular weight excluding hydrogens is 478 g/mol. The van der Waals surface area contributed by atoms with Gasteiger partial charge in [0.25, 0.3) is 5.91 Å². The quantitative estimate of drug-likeness (QED) is 0.410. The summed E-state index contributed by atoms with van der Waals surface area (Å²) >= 11 is 0. The Kier molecular flexibility index (Phi) is 7.76. The Balaban J connectivity index is 1.66. The summed E-state index contributed by atoms with van der Waals surface area (Å²) < 4.78 is 5.31. The molecule has 200 valence electrons. The van der Waals surface area contributed by atoms with Gasteiger partial charge in [-0.05, 0) is 86.6 Å². The van der Waals surface area contributed by atoms with Crippen LogP contribution in [0.3, 0.4) is 0 Å². The van der Waals surface area contributed by atoms with Gasteiger partial charge in [-0.15, -0.1) is 0 Å². The highest BCUT2D eigenvalue weighted by Gasteiger charge is 2.46. The minimum atomic E-state index is -0.857. The molecule has 3 atom stereocenters. The van der Waals surface area contributed by atoms with Gasteiger partial charge in [-0.1, -0.05) is 55.5 Å². The van der Waals surface area contributed by atoms with Crippen molar-refractivity contribution in [3.8, 4) is 0 Å². The summed E-state index contributed by atoms with van der Waals surface area (Å²) in [5, 5.41) is 7.73. The van der Waals surface area contributed by atoms with Crippen molar-refractivity contribution >= 4 is 34.4 Å². The van der Waals surface area contributed by atoms with E-state index >= 15 is 0 Å². The zero-order chi connectivity index (χ0) is 27.6. The summed E-state index contributed by atoms with van der Waals surface area (Å²) in [5.74, 6) is -0.370. The fourth-order valence-electron chi connectivity index (χ4n) is 4.73. The molecule has 0 saturated heterocycles. The largest absolute Gasteiger partial charge is 0.444 e. The van der Waals surface area contributed by atoms with Crippen molar-refractivity contribution < 1.29 is 19.1 Å². The minimum absolute atomic E-state index is 0.102. The van der Waals surface area contributed by atoms with E-state index in [1.165, 1.54) is 0 Å². The topological polar surface area (TPSA) is 87.7 Å². The van der Waals surface area contributed by atoms with Crippen molar-refractivity contribution in [3.05, 3.63) is 77.4 Å². The van der Waals surface area contributed by atoms with E-state index in [-0.39, 0.29) is 30.3 Å². The van der Waals surface area contributed by atoms with Gasteiger partial charge in [-0.3, -0.25) is 9.59 Å². The molecule has 3 amide bonds. The number of benzene rings is 3. The molecule has 0 bridgehead atoms. The number of alkyl carbamates (subject to hydrolysis) is 1. The zero-order valence-electron chi connectivity index (χ0n) is 23.0. The average molecular weight is 516 g/mol. The molecule has 7 nitrogen and oxygen atoms in total. The maximum atomic E-state index is 14.0. The number of ether oxygens (including phenoxy) is 1. The van der Waals surface area contributed by atoms with Gasteiger partial charge >= 0.3 is 6.09 Å². The molecule has 1 saturated carbocycles. The lowest BCUT2D eigenvalue weighted by Gasteiger charge is -2.33. The molecule has 0 heterocycles. The Labute approximate surface area is 224 Å². The highest BCUT2D eigenvalue weighted by molar-refractivity contribution is 6.00. The molecule has 0 spiro atoms. The third kappa shape index (κ3) is 6.33. The van der Waals surface area contributed by atoms with Crippen LogP contribution in [0.5, 0.6) is 0 Å². The lowest BCUT2D eigenvalue weighted by atomic mass is 9.95. The molecule has 0 aliphatic heterocycles. The molecule has 3 unspecified atom stereocenters. The number of carbonyl (C=O) groups is 3. The molecule has 2 N–H and O–H groups in total. The van der Waals surface area contributed by atoms with Crippen LogP contribution < -0.4 is 10.6 Å². The Morgan fingerprint density at radius 3 is 2.34 bits per heavy atom. The second-order valence-corrected chi connectivity index (χ2v) is 11.2. The van der Waals surface area contributed by atoms with E-state index in [0.717, 1.165) is 33.9 Å². The summed E-state index contributed by atoms with van der Waals surface area (Å²) in [7, 11) is 0. The monoisotopic (exact) mass is 515 g/mol. The molecular formula is C31H37N3O4. The minimum Gasteiger partial charge on any atom is -0.444 e. The first-order chi connectivity index (χ1) is 17.9. The van der Waals surface area contributed by atoms with E-state index in [1.807, 2.05) is 74.5 Å². The highest BCUT2D eigenvalue weighted by atomic mass is 16.6. The molecule has 0 aromatic heterocycles. The third-order valence-corrected chi connectivity index (χ3v) is 6.98. The highest BCUT2D eigenvalue weighted by Crippen LogP contribution is 2.41. The third-order valence-electron chi connectivity index (χ3n) is 6.98. The van der Waals surface area contributed by atoms with E-state index in [2.05, 4.69) is 17.6 Å². The first kappa shape index (κ1) is 27.2. The van der Waals surface area contributed by atoms with E-state index < -0.39 is 17.7 Å². The van der Waals surface area contributed by atoms with E-state index in [1.54, 1.807) is 25.7 Å². The van der Waals surface area contributed by atoms with Crippen molar-refractivity contribution in [2.75, 3.05) is 11.9 Å². The molecule has 1 aliphatic carbocycles. The maximum Gasteiger partial charge on any atom is 0.408 e. The van der Waals surface area contributed by atoms with Crippen LogP contribution >= 0.6 is 0 Å². The number of carbonyl (C=O) groups excluding carboxylic acids is 3. The number of amides is 3. The normalized spacial score (nSPS) is 17.4. The number of fused-ring (bicyclic) bond motifs is 1. The van der Waals surface area contributed by atoms with E-state index in [9.17, 15) is 14.4 Å². The lowest BCUT2D eigenvalue weighted by molar-refractivity contribution is -0.139. The Morgan fingerprint density at radius 1 is 1.00 bits per heavy atom. The van der Waals surface area contributed by atoms with Crippen LogP contribution in [0.4, 0.5) is 10.5 Å². The standard InChI is InChI=1S/C31H37N3O4/c1-19-10-9-13-25(21(19)3)28(29(36)33-24-15-14-22-11-7-8-12-23(22)17-24)34(26-16-20(26)2)27(35)18-32-30(37)38-31(4,5)6/h7-15,17,20,26,28H,16,18H2,1-6H3,(H,32,37)(H,33,36). The Hall–Kier alpha value is -3.87. The Bertz CT molecular complexity index is 1360. The number of hydrogen-bond donors (Lipinski definition) is 2. The van der Waals surface area contributed by atoms with Crippen LogP contribution in [0.25, 0.3) is 10.8 Å². The second-order valence-electron chi connectivity index (χ2n) is 11.2. The molecule has 7 heteroatoms. The average Bonchev–Trinajstić information content (AvgIpc) is 3.57. The number of aryl methyl sites for hydroxylation is 1. The molecule has 3 aromatic carbocycles. The first-order valence-corrected chi connectivity index (χ1v) is 13.1. The van der Waals surface area contributed by atoms with Crippen molar-refractivity contribution in [2.24, 2.45) is 5.92 Å². The summed E-state index contributed by atoms with van der Waals surface area (Å²) in [4.78, 5) is 41.6. The summed E-state index contributed by atoms with van der Waals surface area (Å²) in [6.07, 6.45) is 0.126. The summed E-state index contributed by atoms with van der Waals surface area (Å²) in [6, 6.07) is 18.6. The van der Waals surface area contributed by atoms with Gasteiger partial charge in [0.2, 0.25) is 5.91 Å². The zero-order valence-corrected chi connectivity index (χ0v) is 23.0. The molecule has 1 fully saturated rings. The second kappa shape index (κ2) is 10.9. The van der Waals surface area contributed by atoms with Crippen molar-refractivity contribution in [3.63, 3.8) is 0 Å². The number of anilines is 1. The van der Waals surface area contributed by atoms with E-state index in [4.69, 9.17) is 4.74 Å². The summed E-state index contributed by atoms with van der Waals surface area (Å²) in [5.41, 5.74) is 2.74. The molecule has 3 aromatic rings. The van der Waals surface area contributed by atoms with Gasteiger partial charge in [0.15, 0.2) is 0 Å². The number of hydrogen-bond acceptors (Lipinski definition) is 4. The van der Waals surface area contributed by atoms with Gasteiger partial charge < -0.3 is 20.3 Å². The number of rotatable bonds is 7. The fourth-order valence-corrected chi connectivity index (χ4v) is 4.73. The van der Waals surface area contributed by atoms with Crippen molar-refractivity contribution in [2.45, 2.75) is 65.6 Å². The van der Waals surface area contributed by atoms with Gasteiger partial charge in [0.1, 0.15) is 18.2 Å². The van der Waals surface area contributed by atoms with Gasteiger partial charge in [-0.25, -0.2) is 4.79 Å². The molecule has 38 heavy (non-hydrogen) atoms.